The molecule has 0 bridgehead atoms. The number of hydrogen-bond acceptors (Lipinski definition) is 6. The van der Waals surface area contributed by atoms with Crippen molar-refractivity contribution in [1.82, 2.24) is 0 Å². The van der Waals surface area contributed by atoms with Gasteiger partial charge >= 0.3 is 0 Å². The Hall–Kier alpha value is -7.10. The van der Waals surface area contributed by atoms with Crippen LogP contribution in [-0.2, 0) is 0 Å². The fourth-order valence-corrected chi connectivity index (χ4v) is 7.80. The highest BCUT2D eigenvalue weighted by molar-refractivity contribution is 6.34. The molecule has 0 aliphatic rings. The minimum Gasteiger partial charge on any atom is -0.497 e. The minimum absolute atomic E-state index is 0.574. The van der Waals surface area contributed by atoms with E-state index in [2.05, 4.69) is 78.9 Å². The Bertz CT molecular complexity index is 2740. The van der Waals surface area contributed by atoms with Crippen LogP contribution in [0.1, 0.15) is 6.92 Å². The molecule has 0 N–H and O–H groups in total. The normalized spacial score (nSPS) is 11.0. The number of ether oxygens (including phenoxy) is 6. The summed E-state index contributed by atoms with van der Waals surface area (Å²) in [4.78, 5) is 0. The number of hydrogen-bond donors (Lipinski definition) is 0. The summed E-state index contributed by atoms with van der Waals surface area (Å²) in [5.74, 6) is 4.43. The molecule has 6 heteroatoms. The smallest absolute Gasteiger partial charge is 0.140 e. The molecule has 0 aliphatic carbocycles. The van der Waals surface area contributed by atoms with Gasteiger partial charge in [0.1, 0.15) is 40.6 Å². The van der Waals surface area contributed by atoms with Gasteiger partial charge in [0.2, 0.25) is 0 Å². The lowest BCUT2D eigenvalue weighted by molar-refractivity contribution is 0.340. The van der Waals surface area contributed by atoms with Crippen LogP contribution in [0.15, 0.2) is 133 Å². The first-order valence-corrected chi connectivity index (χ1v) is 18.4. The lowest BCUT2D eigenvalue weighted by Gasteiger charge is -2.26. The quantitative estimate of drug-likeness (QED) is 0.0973. The highest BCUT2D eigenvalue weighted by Gasteiger charge is 2.27. The predicted molar refractivity (Wildman–Crippen MR) is 228 cm³/mol. The molecule has 0 aromatic heterocycles. The van der Waals surface area contributed by atoms with Crippen molar-refractivity contribution in [3.8, 4) is 91.5 Å². The van der Waals surface area contributed by atoms with Gasteiger partial charge in [0.05, 0.1) is 35.0 Å². The predicted octanol–water partition coefficient (Wildman–Crippen LogP) is 12.2. The highest BCUT2D eigenvalue weighted by atomic mass is 16.5. The van der Waals surface area contributed by atoms with Crippen LogP contribution < -0.4 is 28.4 Å². The summed E-state index contributed by atoms with van der Waals surface area (Å²) in [7, 11) is 6.78. The number of methoxy groups -OCH3 is 4. The van der Waals surface area contributed by atoms with Crippen LogP contribution in [0.4, 0.5) is 0 Å². The molecular formula is C50H40O6. The molecule has 0 fully saturated rings. The van der Waals surface area contributed by atoms with E-state index < -0.39 is 0 Å². The van der Waals surface area contributed by atoms with Crippen LogP contribution in [0.3, 0.4) is 0 Å². The first kappa shape index (κ1) is 35.9. The van der Waals surface area contributed by atoms with Gasteiger partial charge in [-0.15, -0.1) is 0 Å². The molecule has 0 spiro atoms. The summed E-state index contributed by atoms with van der Waals surface area (Å²) in [6, 6.07) is 45.6. The summed E-state index contributed by atoms with van der Waals surface area (Å²) in [5.41, 5.74) is 8.31. The van der Waals surface area contributed by atoms with Crippen LogP contribution in [0.5, 0.6) is 34.5 Å². The molecule has 6 nitrogen and oxygen atoms in total. The van der Waals surface area contributed by atoms with Crippen molar-refractivity contribution in [1.29, 1.82) is 0 Å². The van der Waals surface area contributed by atoms with Crippen LogP contribution in [0.25, 0.3) is 76.8 Å². The minimum atomic E-state index is 0.574. The van der Waals surface area contributed by atoms with Crippen molar-refractivity contribution in [3.05, 3.63) is 133 Å². The standard InChI is InChI=1S/C50H40O6/c1-7-55-37-21-13-33(14-22-37)47-43-29-39(53-5)25-27-41(43)46(32-11-19-36(52-4)20-12-32)50-48(34-15-23-38(24-16-34)56-8-2)44-30-40(54-6)26-28-42(44)45(49(47)50)31-9-17-35(51-3)18-10-31/h1,9-30H,8H2,2-6H3. The van der Waals surface area contributed by atoms with Crippen LogP contribution in [0.2, 0.25) is 0 Å². The van der Waals surface area contributed by atoms with Gasteiger partial charge in [-0.2, -0.15) is 0 Å². The molecule has 8 rings (SSSR count). The molecule has 56 heavy (non-hydrogen) atoms. The zero-order chi connectivity index (χ0) is 38.8. The molecule has 0 saturated heterocycles. The third-order valence-corrected chi connectivity index (χ3v) is 10.3. The van der Waals surface area contributed by atoms with E-state index in [-0.39, 0.29) is 0 Å². The van der Waals surface area contributed by atoms with E-state index in [1.807, 2.05) is 67.6 Å². The first-order valence-electron chi connectivity index (χ1n) is 18.4. The molecule has 0 atom stereocenters. The number of terminal acetylenes is 1. The Labute approximate surface area is 326 Å². The van der Waals surface area contributed by atoms with Crippen LogP contribution >= 0.6 is 0 Å². The van der Waals surface area contributed by atoms with Gasteiger partial charge in [-0.1, -0.05) is 67.1 Å². The molecule has 0 heterocycles. The van der Waals surface area contributed by atoms with Gasteiger partial charge in [0.25, 0.3) is 0 Å². The van der Waals surface area contributed by atoms with Crippen molar-refractivity contribution in [2.45, 2.75) is 6.92 Å². The molecule has 8 aromatic carbocycles. The lowest BCUT2D eigenvalue weighted by atomic mass is 9.77. The van der Waals surface area contributed by atoms with Gasteiger partial charge in [-0.05, 0) is 157 Å². The highest BCUT2D eigenvalue weighted by Crippen LogP contribution is 2.54. The maximum Gasteiger partial charge on any atom is 0.140 e. The lowest BCUT2D eigenvalue weighted by Crippen LogP contribution is -1.99. The van der Waals surface area contributed by atoms with Gasteiger partial charge in [-0.3, -0.25) is 0 Å². The Balaban J connectivity index is 1.70. The Morgan fingerprint density at radius 3 is 1.05 bits per heavy atom. The van der Waals surface area contributed by atoms with E-state index in [1.165, 1.54) is 0 Å². The zero-order valence-electron chi connectivity index (χ0n) is 31.9. The molecule has 0 aliphatic heterocycles. The fraction of sp³-hybridized carbons (Fsp3) is 0.120. The maximum absolute atomic E-state index is 5.93. The van der Waals surface area contributed by atoms with Crippen LogP contribution in [-0.4, -0.2) is 35.0 Å². The fourth-order valence-electron chi connectivity index (χ4n) is 7.80. The van der Waals surface area contributed by atoms with Crippen molar-refractivity contribution in [2.24, 2.45) is 0 Å². The second kappa shape index (κ2) is 15.3. The largest absolute Gasteiger partial charge is 0.497 e. The number of fused-ring (bicyclic) bond motifs is 3. The van der Waals surface area contributed by atoms with Crippen LogP contribution in [0, 0.1) is 12.5 Å². The van der Waals surface area contributed by atoms with Crippen molar-refractivity contribution in [2.75, 3.05) is 35.0 Å². The summed E-state index contributed by atoms with van der Waals surface area (Å²) >= 11 is 0. The van der Waals surface area contributed by atoms with E-state index in [0.29, 0.717) is 12.4 Å². The van der Waals surface area contributed by atoms with Gasteiger partial charge in [0, 0.05) is 0 Å². The molecule has 0 amide bonds. The zero-order valence-corrected chi connectivity index (χ0v) is 31.9. The topological polar surface area (TPSA) is 55.4 Å². The first-order chi connectivity index (χ1) is 27.5. The average Bonchev–Trinajstić information content (AvgIpc) is 3.25. The van der Waals surface area contributed by atoms with Gasteiger partial charge < -0.3 is 28.4 Å². The second-order valence-corrected chi connectivity index (χ2v) is 13.2. The summed E-state index contributed by atoms with van der Waals surface area (Å²) in [6.07, 6.45) is 7.84. The Kier molecular flexibility index (Phi) is 9.83. The van der Waals surface area contributed by atoms with Crippen molar-refractivity contribution in [3.63, 3.8) is 0 Å². The number of benzene rings is 8. The van der Waals surface area contributed by atoms with E-state index in [9.17, 15) is 0 Å². The molecule has 8 aromatic rings. The SMILES string of the molecule is C#COc1ccc(-c2c3cc(OC)ccc3c(-c3ccc(OC)cc3)c3c(-c4ccc(OCC)cc4)c4cc(OC)ccc4c(-c4ccc(OC)cc4)c23)cc1. The van der Waals surface area contributed by atoms with E-state index in [1.54, 1.807) is 28.4 Å². The van der Waals surface area contributed by atoms with Crippen molar-refractivity contribution < 1.29 is 28.4 Å². The average molecular weight is 737 g/mol. The molecule has 0 radical (unpaired) electrons. The number of rotatable bonds is 11. The van der Waals surface area contributed by atoms with E-state index in [0.717, 1.165) is 106 Å². The summed E-state index contributed by atoms with van der Waals surface area (Å²) < 4.78 is 34.5. The third kappa shape index (κ3) is 6.33. The Morgan fingerprint density at radius 2 is 0.714 bits per heavy atom. The summed E-state index contributed by atoms with van der Waals surface area (Å²) in [6.45, 7) is 2.57. The molecule has 276 valence electrons. The Morgan fingerprint density at radius 1 is 0.393 bits per heavy atom. The van der Waals surface area contributed by atoms with Crippen molar-refractivity contribution >= 4 is 32.3 Å². The van der Waals surface area contributed by atoms with E-state index in [4.69, 9.17) is 34.8 Å². The maximum atomic E-state index is 5.93. The molecule has 0 saturated carbocycles. The van der Waals surface area contributed by atoms with Gasteiger partial charge in [0.15, 0.2) is 0 Å². The molecular weight excluding hydrogens is 697 g/mol. The molecule has 0 unspecified atom stereocenters. The second-order valence-electron chi connectivity index (χ2n) is 13.2. The third-order valence-electron chi connectivity index (χ3n) is 10.3. The summed E-state index contributed by atoms with van der Waals surface area (Å²) in [5, 5.41) is 6.31. The van der Waals surface area contributed by atoms with E-state index >= 15 is 0 Å². The van der Waals surface area contributed by atoms with Gasteiger partial charge in [-0.25, -0.2) is 0 Å². The monoisotopic (exact) mass is 736 g/mol.